The normalized spacial score (nSPS) is 23.2. The van der Waals surface area contributed by atoms with Crippen molar-refractivity contribution in [3.05, 3.63) is 0 Å². The largest absolute Gasteiger partial charge is 0.271 e. The molecule has 1 saturated carbocycles. The quantitative estimate of drug-likeness (QED) is 0.420. The Labute approximate surface area is 96.9 Å². The summed E-state index contributed by atoms with van der Waals surface area (Å²) in [6.45, 7) is 2.16. The summed E-state index contributed by atoms with van der Waals surface area (Å²) in [5.41, 5.74) is 2.81. The summed E-state index contributed by atoms with van der Waals surface area (Å²) in [6.07, 6.45) is 5.80. The van der Waals surface area contributed by atoms with Gasteiger partial charge in [-0.2, -0.15) is 0 Å². The highest BCUT2D eigenvalue weighted by molar-refractivity contribution is 4.83. The van der Waals surface area contributed by atoms with E-state index in [2.05, 4.69) is 12.3 Å². The van der Waals surface area contributed by atoms with Crippen LogP contribution < -0.4 is 11.3 Å². The first-order chi connectivity index (χ1) is 7.59. The van der Waals surface area contributed by atoms with Crippen LogP contribution in [0.25, 0.3) is 0 Å². The molecule has 1 fully saturated rings. The van der Waals surface area contributed by atoms with Gasteiger partial charge in [0.25, 0.3) is 0 Å². The average Bonchev–Trinajstić information content (AvgIpc) is 2.25. The van der Waals surface area contributed by atoms with Crippen LogP contribution in [-0.4, -0.2) is 12.0 Å². The summed E-state index contributed by atoms with van der Waals surface area (Å²) in [6, 6.07) is 0.225. The fraction of sp³-hybridized carbons (Fsp3) is 1.00. The standard InChI is InChI=1S/C12H24F2N2/c1-2-3-4-5-11(16-15)10-6-8-12(13,14)9-7-10/h10-11,16H,2-9,15H2,1H3. The number of hydrazine groups is 1. The predicted molar refractivity (Wildman–Crippen MR) is 62.2 cm³/mol. The molecule has 4 heteroatoms. The van der Waals surface area contributed by atoms with E-state index in [0.717, 1.165) is 12.8 Å². The molecule has 1 aliphatic rings. The van der Waals surface area contributed by atoms with E-state index in [0.29, 0.717) is 18.8 Å². The molecule has 0 bridgehead atoms. The van der Waals surface area contributed by atoms with Crippen molar-refractivity contribution in [1.29, 1.82) is 0 Å². The van der Waals surface area contributed by atoms with Gasteiger partial charge in [0.15, 0.2) is 0 Å². The maximum Gasteiger partial charge on any atom is 0.248 e. The van der Waals surface area contributed by atoms with E-state index >= 15 is 0 Å². The molecule has 0 aromatic rings. The molecule has 0 radical (unpaired) electrons. The summed E-state index contributed by atoms with van der Waals surface area (Å²) in [5.74, 6) is 3.42. The van der Waals surface area contributed by atoms with Crippen molar-refractivity contribution in [2.45, 2.75) is 70.3 Å². The van der Waals surface area contributed by atoms with Crippen LogP contribution in [0, 0.1) is 5.92 Å². The molecule has 0 spiro atoms. The second-order valence-electron chi connectivity index (χ2n) is 4.96. The van der Waals surface area contributed by atoms with E-state index in [9.17, 15) is 8.78 Å². The predicted octanol–water partition coefficient (Wildman–Crippen LogP) is 3.22. The molecule has 16 heavy (non-hydrogen) atoms. The van der Waals surface area contributed by atoms with Gasteiger partial charge in [-0.25, -0.2) is 8.78 Å². The van der Waals surface area contributed by atoms with Gasteiger partial charge >= 0.3 is 0 Å². The topological polar surface area (TPSA) is 38.0 Å². The zero-order valence-electron chi connectivity index (χ0n) is 10.1. The molecule has 0 amide bonds. The minimum absolute atomic E-state index is 0.0314. The molecule has 1 atom stereocenters. The van der Waals surface area contributed by atoms with Gasteiger partial charge < -0.3 is 0 Å². The number of unbranched alkanes of at least 4 members (excludes halogenated alkanes) is 2. The lowest BCUT2D eigenvalue weighted by Gasteiger charge is -2.33. The van der Waals surface area contributed by atoms with Gasteiger partial charge in [0.2, 0.25) is 5.92 Å². The van der Waals surface area contributed by atoms with Crippen molar-refractivity contribution in [2.24, 2.45) is 11.8 Å². The van der Waals surface area contributed by atoms with Gasteiger partial charge in [-0.05, 0) is 25.2 Å². The molecule has 1 aliphatic carbocycles. The fourth-order valence-electron chi connectivity index (χ4n) is 2.53. The Hall–Kier alpha value is -0.220. The van der Waals surface area contributed by atoms with E-state index in [1.165, 1.54) is 12.8 Å². The van der Waals surface area contributed by atoms with Crippen molar-refractivity contribution in [3.63, 3.8) is 0 Å². The average molecular weight is 234 g/mol. The van der Waals surface area contributed by atoms with Gasteiger partial charge in [0, 0.05) is 18.9 Å². The Morgan fingerprint density at radius 2 is 1.94 bits per heavy atom. The Morgan fingerprint density at radius 1 is 1.31 bits per heavy atom. The van der Waals surface area contributed by atoms with E-state index in [1.54, 1.807) is 0 Å². The molecule has 1 rings (SSSR count). The lowest BCUT2D eigenvalue weighted by molar-refractivity contribution is -0.0499. The van der Waals surface area contributed by atoms with Crippen LogP contribution in [0.2, 0.25) is 0 Å². The van der Waals surface area contributed by atoms with Crippen molar-refractivity contribution in [2.75, 3.05) is 0 Å². The molecule has 3 N–H and O–H groups in total. The second-order valence-corrected chi connectivity index (χ2v) is 4.96. The SMILES string of the molecule is CCCCCC(NN)C1CCC(F)(F)CC1. The van der Waals surface area contributed by atoms with Crippen molar-refractivity contribution in [3.8, 4) is 0 Å². The molecule has 0 aliphatic heterocycles. The summed E-state index contributed by atoms with van der Waals surface area (Å²) < 4.78 is 26.0. The lowest BCUT2D eigenvalue weighted by Crippen LogP contribution is -2.43. The fourth-order valence-corrected chi connectivity index (χ4v) is 2.53. The third-order valence-corrected chi connectivity index (χ3v) is 3.66. The molecular formula is C12H24F2N2. The van der Waals surface area contributed by atoms with E-state index in [1.807, 2.05) is 0 Å². The number of nitrogens with one attached hydrogen (secondary N) is 1. The highest BCUT2D eigenvalue weighted by Gasteiger charge is 2.37. The maximum atomic E-state index is 13.0. The molecule has 0 heterocycles. The number of halogens is 2. The van der Waals surface area contributed by atoms with Gasteiger partial charge in [-0.15, -0.1) is 0 Å². The Bertz CT molecular complexity index is 187. The summed E-state index contributed by atoms with van der Waals surface area (Å²) >= 11 is 0. The van der Waals surface area contributed by atoms with Crippen LogP contribution in [0.15, 0.2) is 0 Å². The molecule has 0 aromatic heterocycles. The first-order valence-corrected chi connectivity index (χ1v) is 6.43. The van der Waals surface area contributed by atoms with E-state index in [4.69, 9.17) is 5.84 Å². The van der Waals surface area contributed by atoms with Gasteiger partial charge in [-0.1, -0.05) is 26.2 Å². The van der Waals surface area contributed by atoms with Crippen LogP contribution in [0.1, 0.15) is 58.3 Å². The minimum Gasteiger partial charge on any atom is -0.271 e. The van der Waals surface area contributed by atoms with Crippen LogP contribution >= 0.6 is 0 Å². The van der Waals surface area contributed by atoms with Crippen molar-refractivity contribution >= 4 is 0 Å². The molecule has 0 saturated heterocycles. The molecule has 96 valence electrons. The van der Waals surface area contributed by atoms with Crippen LogP contribution in [0.3, 0.4) is 0 Å². The Balaban J connectivity index is 2.31. The zero-order chi connectivity index (χ0) is 12.0. The number of rotatable bonds is 6. The number of hydrogen-bond donors (Lipinski definition) is 2. The van der Waals surface area contributed by atoms with Crippen LogP contribution in [0.4, 0.5) is 8.78 Å². The summed E-state index contributed by atoms with van der Waals surface area (Å²) in [4.78, 5) is 0. The monoisotopic (exact) mass is 234 g/mol. The van der Waals surface area contributed by atoms with E-state index in [-0.39, 0.29) is 18.9 Å². The highest BCUT2D eigenvalue weighted by atomic mass is 19.3. The van der Waals surface area contributed by atoms with Crippen LogP contribution in [0.5, 0.6) is 0 Å². The van der Waals surface area contributed by atoms with Crippen molar-refractivity contribution < 1.29 is 8.78 Å². The zero-order valence-corrected chi connectivity index (χ0v) is 10.1. The molecule has 2 nitrogen and oxygen atoms in total. The first-order valence-electron chi connectivity index (χ1n) is 6.43. The summed E-state index contributed by atoms with van der Waals surface area (Å²) in [7, 11) is 0. The van der Waals surface area contributed by atoms with Crippen LogP contribution in [-0.2, 0) is 0 Å². The highest BCUT2D eigenvalue weighted by Crippen LogP contribution is 2.38. The number of alkyl halides is 2. The summed E-state index contributed by atoms with van der Waals surface area (Å²) in [5, 5.41) is 0. The molecule has 1 unspecified atom stereocenters. The second kappa shape index (κ2) is 6.50. The number of nitrogens with two attached hydrogens (primary N) is 1. The maximum absolute atomic E-state index is 13.0. The Morgan fingerprint density at radius 3 is 2.44 bits per heavy atom. The third kappa shape index (κ3) is 4.34. The smallest absolute Gasteiger partial charge is 0.248 e. The third-order valence-electron chi connectivity index (χ3n) is 3.66. The molecular weight excluding hydrogens is 210 g/mol. The van der Waals surface area contributed by atoms with Gasteiger partial charge in [0.1, 0.15) is 0 Å². The number of hydrogen-bond acceptors (Lipinski definition) is 2. The lowest BCUT2D eigenvalue weighted by atomic mass is 9.80. The molecule has 0 aromatic carbocycles. The minimum atomic E-state index is -2.43. The van der Waals surface area contributed by atoms with E-state index < -0.39 is 5.92 Å². The van der Waals surface area contributed by atoms with Gasteiger partial charge in [0.05, 0.1) is 0 Å². The van der Waals surface area contributed by atoms with Crippen molar-refractivity contribution in [1.82, 2.24) is 5.43 Å². The Kier molecular flexibility index (Phi) is 5.62. The van der Waals surface area contributed by atoms with Gasteiger partial charge in [-0.3, -0.25) is 11.3 Å². The first kappa shape index (κ1) is 13.8.